The highest BCUT2D eigenvalue weighted by atomic mass is 32.1. The third-order valence-electron chi connectivity index (χ3n) is 4.37. The van der Waals surface area contributed by atoms with Gasteiger partial charge in [0.05, 0.1) is 17.8 Å². The summed E-state index contributed by atoms with van der Waals surface area (Å²) in [6.45, 7) is 0.240. The summed E-state index contributed by atoms with van der Waals surface area (Å²) in [5.74, 6) is -0.518. The maximum atomic E-state index is 13.3. The van der Waals surface area contributed by atoms with E-state index in [0.717, 1.165) is 10.4 Å². The number of carbonyl (C=O) groups is 1. The maximum Gasteiger partial charge on any atom is 0.262 e. The van der Waals surface area contributed by atoms with Crippen LogP contribution >= 0.6 is 22.7 Å². The number of aromatic nitrogens is 2. The topological polar surface area (TPSA) is 64.0 Å². The van der Waals surface area contributed by atoms with E-state index >= 15 is 0 Å². The fourth-order valence-electron chi connectivity index (χ4n) is 2.94. The summed E-state index contributed by atoms with van der Waals surface area (Å²) in [6.07, 6.45) is 1.62. The van der Waals surface area contributed by atoms with Crippen molar-refractivity contribution < 1.29 is 9.18 Å². The molecule has 3 aromatic heterocycles. The molecule has 1 aromatic carbocycles. The Balaban J connectivity index is 1.49. The average molecular weight is 413 g/mol. The first-order valence-electron chi connectivity index (χ1n) is 8.63. The first-order chi connectivity index (χ1) is 13.6. The molecule has 0 spiro atoms. The summed E-state index contributed by atoms with van der Waals surface area (Å²) in [4.78, 5) is 30.9. The van der Waals surface area contributed by atoms with E-state index in [1.807, 2.05) is 22.9 Å². The van der Waals surface area contributed by atoms with E-state index in [9.17, 15) is 14.0 Å². The smallest absolute Gasteiger partial charge is 0.262 e. The molecule has 4 aromatic rings. The van der Waals surface area contributed by atoms with Gasteiger partial charge in [0.2, 0.25) is 5.91 Å². The predicted molar refractivity (Wildman–Crippen MR) is 109 cm³/mol. The quantitative estimate of drug-likeness (QED) is 0.521. The van der Waals surface area contributed by atoms with Crippen molar-refractivity contribution in [2.45, 2.75) is 19.0 Å². The molecular weight excluding hydrogens is 397 g/mol. The van der Waals surface area contributed by atoms with Crippen molar-refractivity contribution in [3.8, 4) is 0 Å². The van der Waals surface area contributed by atoms with E-state index in [1.165, 1.54) is 45.7 Å². The number of nitrogens with zero attached hydrogens (tertiary/aromatic N) is 2. The molecule has 3 heterocycles. The lowest BCUT2D eigenvalue weighted by atomic mass is 10.1. The zero-order chi connectivity index (χ0) is 19.5. The summed E-state index contributed by atoms with van der Waals surface area (Å²) in [6, 6.07) is 11.3. The van der Waals surface area contributed by atoms with Crippen molar-refractivity contribution in [2.24, 2.45) is 0 Å². The molecule has 8 heteroatoms. The average Bonchev–Trinajstić information content (AvgIpc) is 3.38. The van der Waals surface area contributed by atoms with Gasteiger partial charge in [-0.3, -0.25) is 14.2 Å². The lowest BCUT2D eigenvalue weighted by molar-refractivity contribution is -0.121. The number of carbonyl (C=O) groups excluding carboxylic acids is 1. The van der Waals surface area contributed by atoms with Crippen LogP contribution in [-0.2, 0) is 11.3 Å². The number of hydrogen-bond donors (Lipinski definition) is 1. The van der Waals surface area contributed by atoms with Crippen LogP contribution in [0.25, 0.3) is 10.2 Å². The SMILES string of the molecule is O=C(CCn1cnc2sccc2c1=O)NC(c1ccc(F)cc1)c1cccs1. The van der Waals surface area contributed by atoms with Crippen LogP contribution in [-0.4, -0.2) is 15.5 Å². The van der Waals surface area contributed by atoms with Gasteiger partial charge in [-0.2, -0.15) is 0 Å². The van der Waals surface area contributed by atoms with Crippen LogP contribution in [0.2, 0.25) is 0 Å². The van der Waals surface area contributed by atoms with Crippen LogP contribution in [0.15, 0.2) is 64.3 Å². The van der Waals surface area contributed by atoms with Gasteiger partial charge in [0.15, 0.2) is 0 Å². The van der Waals surface area contributed by atoms with E-state index in [0.29, 0.717) is 10.2 Å². The molecule has 0 bridgehead atoms. The van der Waals surface area contributed by atoms with Crippen LogP contribution in [0.4, 0.5) is 4.39 Å². The number of aryl methyl sites for hydroxylation is 1. The van der Waals surface area contributed by atoms with Crippen molar-refractivity contribution >= 4 is 38.8 Å². The molecular formula is C20H16FN3O2S2. The highest BCUT2D eigenvalue weighted by Crippen LogP contribution is 2.26. The molecule has 0 fully saturated rings. The van der Waals surface area contributed by atoms with Gasteiger partial charge in [-0.1, -0.05) is 18.2 Å². The summed E-state index contributed by atoms with van der Waals surface area (Å²) >= 11 is 2.93. The third-order valence-corrected chi connectivity index (χ3v) is 6.12. The summed E-state index contributed by atoms with van der Waals surface area (Å²) in [5, 5.41) is 7.31. The Labute approximate surface area is 168 Å². The molecule has 1 unspecified atom stereocenters. The molecule has 0 saturated heterocycles. The van der Waals surface area contributed by atoms with Crippen molar-refractivity contribution in [1.82, 2.24) is 14.9 Å². The Morgan fingerprint density at radius 1 is 1.14 bits per heavy atom. The first kappa shape index (κ1) is 18.5. The second-order valence-corrected chi connectivity index (χ2v) is 8.07. The number of rotatable bonds is 6. The number of benzene rings is 1. The lowest BCUT2D eigenvalue weighted by Gasteiger charge is -2.18. The Kier molecular flexibility index (Phi) is 5.31. The monoisotopic (exact) mass is 413 g/mol. The number of fused-ring (bicyclic) bond motifs is 1. The lowest BCUT2D eigenvalue weighted by Crippen LogP contribution is -2.31. The number of hydrogen-bond acceptors (Lipinski definition) is 5. The molecule has 28 heavy (non-hydrogen) atoms. The summed E-state index contributed by atoms with van der Waals surface area (Å²) < 4.78 is 14.7. The molecule has 0 saturated carbocycles. The molecule has 4 rings (SSSR count). The number of halogens is 1. The molecule has 1 N–H and O–H groups in total. The molecule has 1 atom stereocenters. The van der Waals surface area contributed by atoms with E-state index in [2.05, 4.69) is 10.3 Å². The fourth-order valence-corrected chi connectivity index (χ4v) is 4.46. The van der Waals surface area contributed by atoms with Gasteiger partial charge in [-0.15, -0.1) is 22.7 Å². The van der Waals surface area contributed by atoms with E-state index < -0.39 is 0 Å². The Bertz CT molecular complexity index is 1150. The van der Waals surface area contributed by atoms with Crippen LogP contribution < -0.4 is 10.9 Å². The number of nitrogens with one attached hydrogen (secondary N) is 1. The van der Waals surface area contributed by atoms with Crippen LogP contribution in [0, 0.1) is 5.82 Å². The standard InChI is InChI=1S/C20H16FN3O2S2/c21-14-5-3-13(4-6-14)18(16-2-1-10-27-16)23-17(25)7-9-24-12-22-19-15(20(24)26)8-11-28-19/h1-6,8,10-12,18H,7,9H2,(H,23,25). The zero-order valence-corrected chi connectivity index (χ0v) is 16.3. The minimum Gasteiger partial charge on any atom is -0.344 e. The van der Waals surface area contributed by atoms with Gasteiger partial charge in [0.25, 0.3) is 5.56 Å². The second kappa shape index (κ2) is 8.04. The van der Waals surface area contributed by atoms with Crippen LogP contribution in [0.1, 0.15) is 22.9 Å². The Hall–Kier alpha value is -2.84. The predicted octanol–water partition coefficient (Wildman–Crippen LogP) is 3.95. The third kappa shape index (κ3) is 3.88. The minimum absolute atomic E-state index is 0.139. The van der Waals surface area contributed by atoms with Crippen LogP contribution in [0.3, 0.4) is 0 Å². The molecule has 0 aliphatic carbocycles. The van der Waals surface area contributed by atoms with Gasteiger partial charge in [-0.25, -0.2) is 9.37 Å². The number of thiophene rings is 2. The normalized spacial score (nSPS) is 12.2. The summed E-state index contributed by atoms with van der Waals surface area (Å²) in [7, 11) is 0. The van der Waals surface area contributed by atoms with E-state index in [4.69, 9.17) is 0 Å². The Morgan fingerprint density at radius 3 is 2.71 bits per heavy atom. The molecule has 0 radical (unpaired) electrons. The van der Waals surface area contributed by atoms with Gasteiger partial charge < -0.3 is 5.32 Å². The van der Waals surface area contributed by atoms with Crippen molar-refractivity contribution in [2.75, 3.05) is 0 Å². The van der Waals surface area contributed by atoms with Crippen molar-refractivity contribution in [1.29, 1.82) is 0 Å². The molecule has 142 valence electrons. The fraction of sp³-hybridized carbons (Fsp3) is 0.150. The first-order valence-corrected chi connectivity index (χ1v) is 10.4. The molecule has 1 amide bonds. The van der Waals surface area contributed by atoms with Gasteiger partial charge in [-0.05, 0) is 40.6 Å². The van der Waals surface area contributed by atoms with Gasteiger partial charge in [0.1, 0.15) is 10.6 Å². The largest absolute Gasteiger partial charge is 0.344 e. The van der Waals surface area contributed by atoms with Crippen molar-refractivity contribution in [3.63, 3.8) is 0 Å². The zero-order valence-electron chi connectivity index (χ0n) is 14.7. The van der Waals surface area contributed by atoms with Crippen LogP contribution in [0.5, 0.6) is 0 Å². The minimum atomic E-state index is -0.359. The van der Waals surface area contributed by atoms with Crippen molar-refractivity contribution in [3.05, 3.63) is 86.2 Å². The second-order valence-electron chi connectivity index (χ2n) is 6.20. The summed E-state index contributed by atoms with van der Waals surface area (Å²) in [5.41, 5.74) is 0.656. The van der Waals surface area contributed by atoms with E-state index in [1.54, 1.807) is 18.2 Å². The number of amides is 1. The van der Waals surface area contributed by atoms with Gasteiger partial charge in [0, 0.05) is 17.8 Å². The molecule has 0 aliphatic heterocycles. The van der Waals surface area contributed by atoms with E-state index in [-0.39, 0.29) is 36.3 Å². The maximum absolute atomic E-state index is 13.3. The highest BCUT2D eigenvalue weighted by Gasteiger charge is 2.18. The van der Waals surface area contributed by atoms with Gasteiger partial charge >= 0.3 is 0 Å². The highest BCUT2D eigenvalue weighted by molar-refractivity contribution is 7.16. The molecule has 5 nitrogen and oxygen atoms in total. The molecule has 0 aliphatic rings. The Morgan fingerprint density at radius 2 is 1.96 bits per heavy atom.